The Balaban J connectivity index is 2.69. The molecule has 3 N–H and O–H groups in total. The predicted octanol–water partition coefficient (Wildman–Crippen LogP) is 2.08. The number of rotatable bonds is 6. The minimum Gasteiger partial charge on any atom is -0.392 e. The highest BCUT2D eigenvalue weighted by atomic mass is 32.1. The summed E-state index contributed by atoms with van der Waals surface area (Å²) in [6, 6.07) is 3.32. The maximum Gasteiger partial charge on any atom is 0.225 e. The monoisotopic (exact) mass is 286 g/mol. The third kappa shape index (κ3) is 4.55. The molecule has 3 nitrogen and oxygen atoms in total. The summed E-state index contributed by atoms with van der Waals surface area (Å²) < 4.78 is 26.4. The summed E-state index contributed by atoms with van der Waals surface area (Å²) in [7, 11) is 0. The molecule has 0 heterocycles. The average molecular weight is 286 g/mol. The SMILES string of the molecule is CCCC(NC(=O)Cc1cccc(F)c1F)C(N)=S. The van der Waals surface area contributed by atoms with Crippen LogP contribution in [0.1, 0.15) is 25.3 Å². The summed E-state index contributed by atoms with van der Waals surface area (Å²) >= 11 is 4.84. The Labute approximate surface area is 116 Å². The molecule has 19 heavy (non-hydrogen) atoms. The number of hydrogen-bond donors (Lipinski definition) is 2. The van der Waals surface area contributed by atoms with Crippen LogP contribution in [0.15, 0.2) is 18.2 Å². The second-order valence-electron chi connectivity index (χ2n) is 4.20. The molecule has 0 aliphatic rings. The van der Waals surface area contributed by atoms with Crippen molar-refractivity contribution in [2.75, 3.05) is 0 Å². The number of nitrogens with one attached hydrogen (secondary N) is 1. The van der Waals surface area contributed by atoms with Crippen molar-refractivity contribution in [3.63, 3.8) is 0 Å². The highest BCUT2D eigenvalue weighted by Gasteiger charge is 2.16. The van der Waals surface area contributed by atoms with Crippen LogP contribution in [0, 0.1) is 11.6 Å². The van der Waals surface area contributed by atoms with Gasteiger partial charge >= 0.3 is 0 Å². The number of carbonyl (C=O) groups is 1. The predicted molar refractivity (Wildman–Crippen MR) is 73.7 cm³/mol. The summed E-state index contributed by atoms with van der Waals surface area (Å²) in [6.45, 7) is 1.93. The molecule has 0 fully saturated rings. The molecule has 0 aromatic heterocycles. The Kier molecular flexibility index (Phi) is 5.82. The molecule has 1 unspecified atom stereocenters. The number of halogens is 2. The zero-order chi connectivity index (χ0) is 14.4. The first-order valence-electron chi connectivity index (χ1n) is 5.97. The van der Waals surface area contributed by atoms with E-state index in [-0.39, 0.29) is 17.0 Å². The molecule has 1 amide bonds. The van der Waals surface area contributed by atoms with Gasteiger partial charge in [-0.15, -0.1) is 0 Å². The van der Waals surface area contributed by atoms with Gasteiger partial charge in [0.15, 0.2) is 11.6 Å². The average Bonchev–Trinajstić information content (AvgIpc) is 2.34. The van der Waals surface area contributed by atoms with Crippen molar-refractivity contribution < 1.29 is 13.6 Å². The standard InChI is InChI=1S/C13H16F2N2OS/c1-2-4-10(13(16)19)17-11(18)7-8-5-3-6-9(14)12(8)15/h3,5-6,10H,2,4,7H2,1H3,(H2,16,19)(H,17,18). The molecule has 0 radical (unpaired) electrons. The van der Waals surface area contributed by atoms with Crippen LogP contribution in [-0.2, 0) is 11.2 Å². The molecule has 0 bridgehead atoms. The maximum atomic E-state index is 13.4. The number of nitrogens with two attached hydrogens (primary N) is 1. The quantitative estimate of drug-likeness (QED) is 0.787. The van der Waals surface area contributed by atoms with Crippen molar-refractivity contribution in [3.8, 4) is 0 Å². The van der Waals surface area contributed by atoms with E-state index in [4.69, 9.17) is 18.0 Å². The molecule has 0 aliphatic heterocycles. The van der Waals surface area contributed by atoms with Gasteiger partial charge in [0.05, 0.1) is 17.5 Å². The Morgan fingerprint density at radius 1 is 1.47 bits per heavy atom. The van der Waals surface area contributed by atoms with E-state index >= 15 is 0 Å². The van der Waals surface area contributed by atoms with Gasteiger partial charge in [-0.25, -0.2) is 8.78 Å². The Morgan fingerprint density at radius 3 is 2.74 bits per heavy atom. The normalized spacial score (nSPS) is 11.9. The van der Waals surface area contributed by atoms with Crippen molar-refractivity contribution in [1.82, 2.24) is 5.32 Å². The Hall–Kier alpha value is -1.56. The van der Waals surface area contributed by atoms with E-state index in [1.807, 2.05) is 6.92 Å². The molecule has 1 rings (SSSR count). The van der Waals surface area contributed by atoms with Gasteiger partial charge in [0, 0.05) is 5.56 Å². The summed E-state index contributed by atoms with van der Waals surface area (Å²) in [5.74, 6) is -2.40. The molecule has 0 saturated carbocycles. The highest BCUT2D eigenvalue weighted by Crippen LogP contribution is 2.12. The summed E-state index contributed by atoms with van der Waals surface area (Å²) in [5, 5.41) is 2.62. The van der Waals surface area contributed by atoms with Crippen LogP contribution in [0.4, 0.5) is 8.78 Å². The third-order valence-corrected chi connectivity index (χ3v) is 2.92. The van der Waals surface area contributed by atoms with Crippen molar-refractivity contribution >= 4 is 23.1 Å². The molecule has 104 valence electrons. The topological polar surface area (TPSA) is 55.1 Å². The molecule has 1 aromatic carbocycles. The molecular formula is C13H16F2N2OS. The first-order valence-corrected chi connectivity index (χ1v) is 6.38. The second-order valence-corrected chi connectivity index (χ2v) is 4.67. The van der Waals surface area contributed by atoms with E-state index in [1.54, 1.807) is 0 Å². The van der Waals surface area contributed by atoms with Crippen LogP contribution >= 0.6 is 12.2 Å². The summed E-state index contributed by atoms with van der Waals surface area (Å²) in [6.07, 6.45) is 1.18. The number of carbonyl (C=O) groups excluding carboxylic acids is 1. The fourth-order valence-electron chi connectivity index (χ4n) is 1.68. The van der Waals surface area contributed by atoms with Crippen LogP contribution in [0.25, 0.3) is 0 Å². The minimum absolute atomic E-state index is 0.00990. The van der Waals surface area contributed by atoms with Crippen LogP contribution in [0.5, 0.6) is 0 Å². The Morgan fingerprint density at radius 2 is 2.16 bits per heavy atom. The molecule has 1 aromatic rings. The van der Waals surface area contributed by atoms with E-state index in [2.05, 4.69) is 5.32 Å². The smallest absolute Gasteiger partial charge is 0.225 e. The van der Waals surface area contributed by atoms with Crippen LogP contribution in [0.3, 0.4) is 0 Å². The van der Waals surface area contributed by atoms with E-state index in [1.165, 1.54) is 12.1 Å². The lowest BCUT2D eigenvalue weighted by Crippen LogP contribution is -2.44. The van der Waals surface area contributed by atoms with E-state index in [0.29, 0.717) is 6.42 Å². The van der Waals surface area contributed by atoms with Crippen LogP contribution < -0.4 is 11.1 Å². The second kappa shape index (κ2) is 7.13. The van der Waals surface area contributed by atoms with Crippen molar-refractivity contribution in [2.45, 2.75) is 32.2 Å². The van der Waals surface area contributed by atoms with Crippen LogP contribution in [0.2, 0.25) is 0 Å². The maximum absolute atomic E-state index is 13.4. The molecule has 1 atom stereocenters. The summed E-state index contributed by atoms with van der Waals surface area (Å²) in [4.78, 5) is 11.9. The van der Waals surface area contributed by atoms with Gasteiger partial charge < -0.3 is 11.1 Å². The van der Waals surface area contributed by atoms with Gasteiger partial charge in [0.25, 0.3) is 0 Å². The van der Waals surface area contributed by atoms with Gasteiger partial charge in [0.1, 0.15) is 0 Å². The van der Waals surface area contributed by atoms with Crippen LogP contribution in [-0.4, -0.2) is 16.9 Å². The zero-order valence-corrected chi connectivity index (χ0v) is 11.4. The summed E-state index contributed by atoms with van der Waals surface area (Å²) in [5.41, 5.74) is 5.51. The minimum atomic E-state index is -1.000. The third-order valence-electron chi connectivity index (χ3n) is 2.64. The number of hydrogen-bond acceptors (Lipinski definition) is 2. The highest BCUT2D eigenvalue weighted by molar-refractivity contribution is 7.80. The van der Waals surface area contributed by atoms with Crippen molar-refractivity contribution in [1.29, 1.82) is 0 Å². The molecule has 0 spiro atoms. The fraction of sp³-hybridized carbons (Fsp3) is 0.385. The van der Waals surface area contributed by atoms with Gasteiger partial charge in [-0.2, -0.15) is 0 Å². The number of thiocarbonyl (C=S) groups is 1. The lowest BCUT2D eigenvalue weighted by Gasteiger charge is -2.16. The lowest BCUT2D eigenvalue weighted by molar-refractivity contribution is -0.120. The largest absolute Gasteiger partial charge is 0.392 e. The molecular weight excluding hydrogens is 270 g/mol. The Bertz CT molecular complexity index is 480. The molecule has 0 aliphatic carbocycles. The fourth-order valence-corrected chi connectivity index (χ4v) is 1.85. The van der Waals surface area contributed by atoms with Gasteiger partial charge in [-0.3, -0.25) is 4.79 Å². The number of benzene rings is 1. The lowest BCUT2D eigenvalue weighted by atomic mass is 10.1. The van der Waals surface area contributed by atoms with Crippen molar-refractivity contribution in [3.05, 3.63) is 35.4 Å². The molecule has 0 saturated heterocycles. The molecule has 6 heteroatoms. The number of amides is 1. The van der Waals surface area contributed by atoms with E-state index in [0.717, 1.165) is 12.5 Å². The first kappa shape index (κ1) is 15.5. The van der Waals surface area contributed by atoms with Gasteiger partial charge in [-0.05, 0) is 12.5 Å². The van der Waals surface area contributed by atoms with Crippen molar-refractivity contribution in [2.24, 2.45) is 5.73 Å². The van der Waals surface area contributed by atoms with E-state index in [9.17, 15) is 13.6 Å². The van der Waals surface area contributed by atoms with E-state index < -0.39 is 23.6 Å². The van der Waals surface area contributed by atoms with Gasteiger partial charge in [0.2, 0.25) is 5.91 Å². The van der Waals surface area contributed by atoms with Gasteiger partial charge in [-0.1, -0.05) is 37.7 Å². The first-order chi connectivity index (χ1) is 8.95. The zero-order valence-electron chi connectivity index (χ0n) is 10.6.